The molecule has 55 heavy (non-hydrogen) atoms. The Morgan fingerprint density at radius 1 is 0.964 bits per heavy atom. The lowest BCUT2D eigenvalue weighted by atomic mass is 9.72. The van der Waals surface area contributed by atoms with E-state index in [-0.39, 0.29) is 47.5 Å². The number of unbranched alkanes of at least 4 members (excludes halogenated alkanes) is 9. The lowest BCUT2D eigenvalue weighted by Crippen LogP contribution is -2.52. The van der Waals surface area contributed by atoms with Crippen LogP contribution in [-0.2, 0) is 35.3 Å². The van der Waals surface area contributed by atoms with Crippen LogP contribution in [0.25, 0.3) is 0 Å². The fourth-order valence-corrected chi connectivity index (χ4v) is 7.74. The lowest BCUT2D eigenvalue weighted by Gasteiger charge is -2.42. The number of phenols is 2. The smallest absolute Gasteiger partial charge is 0.397 e. The Balaban J connectivity index is 0.000000335. The van der Waals surface area contributed by atoms with Gasteiger partial charge in [0.05, 0.1) is 48.7 Å². The molecule has 2 aromatic carbocycles. The van der Waals surface area contributed by atoms with Gasteiger partial charge in [0.1, 0.15) is 22.8 Å². The topological polar surface area (TPSA) is 249 Å². The third-order valence-corrected chi connectivity index (χ3v) is 11.0. The second kappa shape index (κ2) is 19.1. The Bertz CT molecular complexity index is 1800. The number of methoxy groups -OCH3 is 1. The molecule has 2 aliphatic carbocycles. The van der Waals surface area contributed by atoms with Crippen molar-refractivity contribution in [3.8, 4) is 17.2 Å². The van der Waals surface area contributed by atoms with E-state index in [1.165, 1.54) is 77.2 Å². The van der Waals surface area contributed by atoms with E-state index < -0.39 is 93.0 Å². The second-order valence-electron chi connectivity index (χ2n) is 14.6. The van der Waals surface area contributed by atoms with Gasteiger partial charge in [-0.05, 0) is 26.3 Å². The normalized spacial score (nSPS) is 24.6. The van der Waals surface area contributed by atoms with E-state index in [0.29, 0.717) is 6.42 Å². The van der Waals surface area contributed by atoms with Crippen LogP contribution in [0, 0.1) is 0 Å². The molecule has 5 rings (SSSR count). The number of rotatable bonds is 16. The van der Waals surface area contributed by atoms with E-state index in [0.717, 1.165) is 12.8 Å². The highest BCUT2D eigenvalue weighted by molar-refractivity contribution is 7.80. The Hall–Kier alpha value is -3.48. The largest absolute Gasteiger partial charge is 0.507 e. The molecule has 16 heteroatoms. The van der Waals surface area contributed by atoms with Crippen LogP contribution in [0.1, 0.15) is 147 Å². The number of hydrogen-bond donors (Lipinski definition) is 6. The molecule has 0 saturated carbocycles. The molecule has 1 fully saturated rings. The van der Waals surface area contributed by atoms with Crippen LogP contribution in [0.4, 0.5) is 0 Å². The maximum atomic E-state index is 13.6. The van der Waals surface area contributed by atoms with Gasteiger partial charge in [-0.15, -0.1) is 0 Å². The zero-order chi connectivity index (χ0) is 40.7. The van der Waals surface area contributed by atoms with Gasteiger partial charge in [-0.25, -0.2) is 4.18 Å². The molecule has 2 aromatic rings. The van der Waals surface area contributed by atoms with Gasteiger partial charge in [0.2, 0.25) is 5.78 Å². The van der Waals surface area contributed by atoms with Crippen LogP contribution in [-0.4, -0.2) is 94.6 Å². The number of aliphatic hydroxyl groups is 2. The molecule has 3 aliphatic rings. The van der Waals surface area contributed by atoms with Crippen molar-refractivity contribution in [2.75, 3.05) is 13.7 Å². The molecule has 0 amide bonds. The predicted molar refractivity (Wildman–Crippen MR) is 200 cm³/mol. The number of aliphatic hydroxyl groups excluding tert-OH is 1. The number of hydrogen-bond acceptors (Lipinski definition) is 14. The minimum absolute atomic E-state index is 0.0147. The Labute approximate surface area is 322 Å². The first-order valence-corrected chi connectivity index (χ1v) is 20.3. The molecule has 0 aromatic heterocycles. The second-order valence-corrected chi connectivity index (χ2v) is 15.7. The summed E-state index contributed by atoms with van der Waals surface area (Å²) in [6.45, 7) is 5.10. The average Bonchev–Trinajstić information content (AvgIpc) is 3.12. The van der Waals surface area contributed by atoms with E-state index >= 15 is 0 Å². The van der Waals surface area contributed by atoms with Crippen LogP contribution >= 0.6 is 0 Å². The van der Waals surface area contributed by atoms with Gasteiger partial charge in [-0.1, -0.05) is 76.8 Å². The van der Waals surface area contributed by atoms with Gasteiger partial charge in [0.15, 0.2) is 17.9 Å². The standard InChI is InChI=1S/C27H29NO10.C12H26O4S/c1-10-22(30)14(28)7-17(37-10)38-16-9-27(35,11(2)29)8-13-19(16)26(34)21-20(24(13)32)23(31)12-5-4-6-15(36-3)18(12)25(21)33;1-2-3-4-5-6-7-8-9-10-11-12-16-17(13,14)15/h4-6,10,14,16-17,22,30,32,34-35H,7-9,28H2,1-3H3;2-12H2,1H3,(H,13,14,15). The number of carbonyl (C=O) groups is 3. The maximum Gasteiger partial charge on any atom is 0.397 e. The van der Waals surface area contributed by atoms with Gasteiger partial charge < -0.3 is 40.4 Å². The van der Waals surface area contributed by atoms with E-state index in [4.69, 9.17) is 24.5 Å². The first-order valence-electron chi connectivity index (χ1n) is 18.9. The maximum absolute atomic E-state index is 13.6. The number of phenolic OH excluding ortho intramolecular Hbond substituents is 2. The van der Waals surface area contributed by atoms with E-state index in [1.807, 2.05) is 0 Å². The summed E-state index contributed by atoms with van der Waals surface area (Å²) >= 11 is 0. The van der Waals surface area contributed by atoms with Crippen molar-refractivity contribution in [2.24, 2.45) is 5.73 Å². The number of Topliss-reactive ketones (excluding diaryl/α,β-unsaturated/α-hetero) is 1. The number of fused-ring (bicyclic) bond motifs is 3. The SMILES string of the molecule is CCCCCCCCCCCCOS(=O)(=O)O.COc1cccc2c1C(=O)c1c(O)c3c(c(O)c1C2=O)CC(O)(C(C)=O)CC3OC1CC(N)C(O)C(C)O1. The summed E-state index contributed by atoms with van der Waals surface area (Å²) in [5, 5.41) is 44.1. The number of ketones is 3. The number of benzene rings is 2. The molecule has 1 aliphatic heterocycles. The zero-order valence-corrected chi connectivity index (χ0v) is 32.7. The summed E-state index contributed by atoms with van der Waals surface area (Å²) in [4.78, 5) is 39.6. The Morgan fingerprint density at radius 3 is 2.13 bits per heavy atom. The van der Waals surface area contributed by atoms with Crippen molar-refractivity contribution >= 4 is 27.7 Å². The fraction of sp³-hybridized carbons (Fsp3) is 0.615. The molecule has 7 N–H and O–H groups in total. The average molecular weight is 794 g/mol. The van der Waals surface area contributed by atoms with Gasteiger partial charge in [0.25, 0.3) is 0 Å². The van der Waals surface area contributed by atoms with Crippen molar-refractivity contribution < 1.29 is 66.2 Å². The zero-order valence-electron chi connectivity index (χ0n) is 31.9. The van der Waals surface area contributed by atoms with Gasteiger partial charge in [-0.2, -0.15) is 8.42 Å². The minimum Gasteiger partial charge on any atom is -0.507 e. The molecule has 6 atom stereocenters. The third kappa shape index (κ3) is 10.5. The molecular formula is C39H55NO14S. The number of carbonyl (C=O) groups excluding carboxylic acids is 3. The Morgan fingerprint density at radius 2 is 1.56 bits per heavy atom. The lowest BCUT2D eigenvalue weighted by molar-refractivity contribution is -0.247. The van der Waals surface area contributed by atoms with E-state index in [1.54, 1.807) is 6.92 Å². The number of aromatic hydroxyl groups is 2. The predicted octanol–water partition coefficient (Wildman–Crippen LogP) is 4.76. The summed E-state index contributed by atoms with van der Waals surface area (Å²) in [6.07, 6.45) is 7.32. The van der Waals surface area contributed by atoms with Gasteiger partial charge >= 0.3 is 10.4 Å². The quantitative estimate of drug-likeness (QED) is 0.0650. The summed E-state index contributed by atoms with van der Waals surface area (Å²) in [7, 11) is -2.89. The van der Waals surface area contributed by atoms with E-state index in [9.17, 15) is 43.2 Å². The third-order valence-electron chi connectivity index (χ3n) is 10.5. The van der Waals surface area contributed by atoms with Crippen LogP contribution in [0.5, 0.6) is 17.2 Å². The van der Waals surface area contributed by atoms with Crippen LogP contribution in [0.15, 0.2) is 18.2 Å². The molecule has 1 heterocycles. The monoisotopic (exact) mass is 793 g/mol. The van der Waals surface area contributed by atoms with Crippen molar-refractivity contribution in [2.45, 2.75) is 140 Å². The molecule has 0 spiro atoms. The molecule has 15 nitrogen and oxygen atoms in total. The molecule has 6 unspecified atom stereocenters. The summed E-state index contributed by atoms with van der Waals surface area (Å²) in [5.74, 6) is -3.18. The molecule has 0 bridgehead atoms. The summed E-state index contributed by atoms with van der Waals surface area (Å²) < 4.78 is 50.1. The van der Waals surface area contributed by atoms with Gasteiger partial charge in [-0.3, -0.25) is 18.9 Å². The van der Waals surface area contributed by atoms with Crippen LogP contribution in [0.3, 0.4) is 0 Å². The number of ether oxygens (including phenoxy) is 3. The highest BCUT2D eigenvalue weighted by Crippen LogP contribution is 2.52. The van der Waals surface area contributed by atoms with E-state index in [2.05, 4.69) is 11.1 Å². The van der Waals surface area contributed by atoms with Crippen LogP contribution < -0.4 is 10.5 Å². The highest BCUT2D eigenvalue weighted by atomic mass is 32.3. The van der Waals surface area contributed by atoms with Gasteiger partial charge in [0, 0.05) is 42.0 Å². The summed E-state index contributed by atoms with van der Waals surface area (Å²) in [5.41, 5.74) is 2.97. The van der Waals surface area contributed by atoms with Crippen molar-refractivity contribution in [1.29, 1.82) is 0 Å². The Kier molecular flexibility index (Phi) is 15.4. The van der Waals surface area contributed by atoms with Crippen molar-refractivity contribution in [3.63, 3.8) is 0 Å². The summed E-state index contributed by atoms with van der Waals surface area (Å²) in [6, 6.07) is 3.75. The molecule has 1 saturated heterocycles. The van der Waals surface area contributed by atoms with Crippen LogP contribution in [0.2, 0.25) is 0 Å². The number of nitrogens with two attached hydrogens (primary N) is 1. The molecular weight excluding hydrogens is 738 g/mol. The first-order chi connectivity index (χ1) is 26.0. The first kappa shape index (κ1) is 44.2. The molecule has 0 radical (unpaired) electrons. The van der Waals surface area contributed by atoms with Crippen molar-refractivity contribution in [1.82, 2.24) is 0 Å². The van der Waals surface area contributed by atoms with Crippen molar-refractivity contribution in [3.05, 3.63) is 51.6 Å². The molecule has 306 valence electrons. The highest BCUT2D eigenvalue weighted by Gasteiger charge is 2.49. The fourth-order valence-electron chi connectivity index (χ4n) is 7.41. The minimum atomic E-state index is -4.23.